The normalized spacial score (nSPS) is 13.1. The standard InChI is InChI=1S/C24H25FN6O.2C2H6/c1-15(2)18-13-27-22(16-3-5-17(25)6-4-16)30-23(18)29-19-7-8-26-24-21(19)20(14-28-24)31-9-11-32-12-10-31;2*1-2/h3-8,13-15H,9-12H2,1-2H3,(H2,26,27,28,29,30);2*1-2H3. The molecule has 2 N–H and O–H groups in total. The summed E-state index contributed by atoms with van der Waals surface area (Å²) in [7, 11) is 0. The van der Waals surface area contributed by atoms with Crippen molar-refractivity contribution in [2.45, 2.75) is 47.5 Å². The van der Waals surface area contributed by atoms with Crippen LogP contribution in [0.4, 0.5) is 21.6 Å². The molecule has 0 radical (unpaired) electrons. The number of H-pyrrole nitrogens is 1. The first-order chi connectivity index (χ1) is 17.6. The van der Waals surface area contributed by atoms with E-state index in [9.17, 15) is 4.39 Å². The van der Waals surface area contributed by atoms with Gasteiger partial charge < -0.3 is 19.9 Å². The number of pyridine rings is 1. The minimum Gasteiger partial charge on any atom is -0.378 e. The van der Waals surface area contributed by atoms with E-state index in [2.05, 4.69) is 39.0 Å². The lowest BCUT2D eigenvalue weighted by molar-refractivity contribution is 0.123. The summed E-state index contributed by atoms with van der Waals surface area (Å²) < 4.78 is 18.9. The molecule has 36 heavy (non-hydrogen) atoms. The van der Waals surface area contributed by atoms with E-state index < -0.39 is 0 Å². The molecule has 1 saturated heterocycles. The zero-order valence-electron chi connectivity index (χ0n) is 22.1. The van der Waals surface area contributed by atoms with E-state index in [1.165, 1.54) is 12.1 Å². The molecule has 1 aliphatic rings. The third-order valence-corrected chi connectivity index (χ3v) is 5.70. The maximum absolute atomic E-state index is 13.4. The number of rotatable bonds is 5. The van der Waals surface area contributed by atoms with Gasteiger partial charge >= 0.3 is 0 Å². The van der Waals surface area contributed by atoms with Gasteiger partial charge in [-0.05, 0) is 36.2 Å². The van der Waals surface area contributed by atoms with Crippen LogP contribution in [0.15, 0.2) is 48.9 Å². The smallest absolute Gasteiger partial charge is 0.161 e. The minimum absolute atomic E-state index is 0.224. The topological polar surface area (TPSA) is 79.0 Å². The number of nitrogens with zero attached hydrogens (tertiary/aromatic N) is 4. The predicted octanol–water partition coefficient (Wildman–Crippen LogP) is 6.92. The van der Waals surface area contributed by atoms with Gasteiger partial charge in [-0.15, -0.1) is 0 Å². The van der Waals surface area contributed by atoms with E-state index in [1.807, 2.05) is 46.2 Å². The number of halogens is 1. The fourth-order valence-electron chi connectivity index (χ4n) is 3.98. The Morgan fingerprint density at radius 1 is 1.00 bits per heavy atom. The van der Waals surface area contributed by atoms with Crippen LogP contribution in [0.1, 0.15) is 53.0 Å². The molecule has 4 heterocycles. The van der Waals surface area contributed by atoms with E-state index >= 15 is 0 Å². The molecule has 1 fully saturated rings. The van der Waals surface area contributed by atoms with Gasteiger partial charge in [0, 0.05) is 42.8 Å². The molecule has 0 spiro atoms. The van der Waals surface area contributed by atoms with Crippen LogP contribution in [-0.2, 0) is 4.74 Å². The van der Waals surface area contributed by atoms with Crippen LogP contribution in [0.2, 0.25) is 0 Å². The zero-order chi connectivity index (χ0) is 26.1. The van der Waals surface area contributed by atoms with Gasteiger partial charge in [0.05, 0.1) is 30.0 Å². The Morgan fingerprint density at radius 3 is 2.36 bits per heavy atom. The zero-order valence-corrected chi connectivity index (χ0v) is 22.1. The molecular weight excluding hydrogens is 455 g/mol. The fraction of sp³-hybridized carbons (Fsp3) is 0.393. The van der Waals surface area contributed by atoms with Crippen LogP contribution < -0.4 is 10.2 Å². The highest BCUT2D eigenvalue weighted by atomic mass is 19.1. The molecular formula is C28H37FN6O. The number of hydrogen-bond donors (Lipinski definition) is 2. The van der Waals surface area contributed by atoms with Gasteiger partial charge in [-0.25, -0.2) is 19.3 Å². The second-order valence-electron chi connectivity index (χ2n) is 8.14. The van der Waals surface area contributed by atoms with Crippen LogP contribution in [0.25, 0.3) is 22.4 Å². The van der Waals surface area contributed by atoms with Crippen molar-refractivity contribution in [3.63, 3.8) is 0 Å². The first kappa shape index (κ1) is 27.1. The van der Waals surface area contributed by atoms with Gasteiger partial charge in [-0.1, -0.05) is 41.5 Å². The molecule has 0 amide bonds. The predicted molar refractivity (Wildman–Crippen MR) is 147 cm³/mol. The molecule has 3 aromatic heterocycles. The molecule has 8 heteroatoms. The first-order valence-electron chi connectivity index (χ1n) is 12.8. The number of fused-ring (bicyclic) bond motifs is 1. The van der Waals surface area contributed by atoms with Crippen molar-refractivity contribution in [3.05, 3.63) is 60.3 Å². The molecule has 0 saturated carbocycles. The van der Waals surface area contributed by atoms with Crippen molar-refractivity contribution >= 4 is 28.2 Å². The third-order valence-electron chi connectivity index (χ3n) is 5.70. The number of morpholine rings is 1. The highest BCUT2D eigenvalue weighted by Crippen LogP contribution is 2.35. The van der Waals surface area contributed by atoms with Crippen molar-refractivity contribution in [1.29, 1.82) is 0 Å². The number of hydrogen-bond acceptors (Lipinski definition) is 6. The Hall–Kier alpha value is -3.52. The number of aromatic amines is 1. The van der Waals surface area contributed by atoms with Crippen LogP contribution >= 0.6 is 0 Å². The maximum atomic E-state index is 13.4. The minimum atomic E-state index is -0.284. The Morgan fingerprint density at radius 2 is 1.69 bits per heavy atom. The summed E-state index contributed by atoms with van der Waals surface area (Å²) in [4.78, 5) is 19.5. The Kier molecular flexibility index (Phi) is 9.76. The van der Waals surface area contributed by atoms with E-state index in [0.717, 1.165) is 52.4 Å². The monoisotopic (exact) mass is 492 g/mol. The number of nitrogens with one attached hydrogen (secondary N) is 2. The number of ether oxygens (including phenoxy) is 1. The highest BCUT2D eigenvalue weighted by Gasteiger charge is 2.20. The average Bonchev–Trinajstić information content (AvgIpc) is 3.37. The van der Waals surface area contributed by atoms with Crippen LogP contribution in [-0.4, -0.2) is 46.2 Å². The molecule has 0 aliphatic carbocycles. The molecule has 4 aromatic rings. The molecule has 0 bridgehead atoms. The van der Waals surface area contributed by atoms with Crippen molar-refractivity contribution in [3.8, 4) is 11.4 Å². The van der Waals surface area contributed by atoms with Gasteiger partial charge in [-0.2, -0.15) is 0 Å². The largest absolute Gasteiger partial charge is 0.378 e. The Bertz CT molecular complexity index is 1230. The molecule has 7 nitrogen and oxygen atoms in total. The summed E-state index contributed by atoms with van der Waals surface area (Å²) in [6.45, 7) is 15.3. The lowest BCUT2D eigenvalue weighted by atomic mass is 10.1. The summed E-state index contributed by atoms with van der Waals surface area (Å²) >= 11 is 0. The second kappa shape index (κ2) is 13.0. The van der Waals surface area contributed by atoms with Crippen LogP contribution in [0.5, 0.6) is 0 Å². The Balaban J connectivity index is 0.000000861. The molecule has 1 aliphatic heterocycles. The molecule has 0 atom stereocenters. The van der Waals surface area contributed by atoms with Gasteiger partial charge in [0.2, 0.25) is 0 Å². The highest BCUT2D eigenvalue weighted by molar-refractivity contribution is 6.01. The number of anilines is 3. The van der Waals surface area contributed by atoms with E-state index in [0.29, 0.717) is 19.0 Å². The maximum Gasteiger partial charge on any atom is 0.161 e. The summed E-state index contributed by atoms with van der Waals surface area (Å²) in [5.41, 5.74) is 4.60. The van der Waals surface area contributed by atoms with Crippen LogP contribution in [0.3, 0.4) is 0 Å². The fourth-order valence-corrected chi connectivity index (χ4v) is 3.98. The quantitative estimate of drug-likeness (QED) is 0.315. The number of benzene rings is 1. The summed E-state index contributed by atoms with van der Waals surface area (Å²) in [5.74, 6) is 1.22. The summed E-state index contributed by atoms with van der Waals surface area (Å²) in [6.07, 6.45) is 5.62. The van der Waals surface area contributed by atoms with Crippen molar-refractivity contribution in [1.82, 2.24) is 19.9 Å². The van der Waals surface area contributed by atoms with Gasteiger partial charge in [0.25, 0.3) is 0 Å². The number of aromatic nitrogens is 4. The molecule has 0 unspecified atom stereocenters. The van der Waals surface area contributed by atoms with Crippen molar-refractivity contribution < 1.29 is 9.13 Å². The van der Waals surface area contributed by atoms with E-state index in [-0.39, 0.29) is 11.7 Å². The van der Waals surface area contributed by atoms with E-state index in [4.69, 9.17) is 9.72 Å². The Labute approximate surface area is 213 Å². The van der Waals surface area contributed by atoms with Gasteiger partial charge in [-0.3, -0.25) is 0 Å². The molecule has 192 valence electrons. The van der Waals surface area contributed by atoms with Gasteiger partial charge in [0.15, 0.2) is 5.82 Å². The second-order valence-corrected chi connectivity index (χ2v) is 8.14. The summed E-state index contributed by atoms with van der Waals surface area (Å²) in [5, 5.41) is 4.56. The van der Waals surface area contributed by atoms with Crippen LogP contribution in [0, 0.1) is 5.82 Å². The lowest BCUT2D eigenvalue weighted by Crippen LogP contribution is -2.36. The van der Waals surface area contributed by atoms with Crippen molar-refractivity contribution in [2.75, 3.05) is 36.5 Å². The lowest BCUT2D eigenvalue weighted by Gasteiger charge is -2.28. The summed E-state index contributed by atoms with van der Waals surface area (Å²) in [6, 6.07) is 8.18. The first-order valence-corrected chi connectivity index (χ1v) is 12.8. The SMILES string of the molecule is CC.CC.CC(C)c1cnc(-c2ccc(F)cc2)nc1Nc1ccnc2[nH]cc(N3CCOCC3)c12. The molecule has 1 aromatic carbocycles. The van der Waals surface area contributed by atoms with Crippen molar-refractivity contribution in [2.24, 2.45) is 0 Å². The third kappa shape index (κ3) is 5.99. The van der Waals surface area contributed by atoms with E-state index in [1.54, 1.807) is 18.3 Å². The van der Waals surface area contributed by atoms with Gasteiger partial charge in [0.1, 0.15) is 17.3 Å². The average molecular weight is 493 g/mol. The molecule has 5 rings (SSSR count).